The highest BCUT2D eigenvalue weighted by Gasteiger charge is 2.46. The molecule has 0 aliphatic carbocycles. The van der Waals surface area contributed by atoms with Crippen LogP contribution in [0.2, 0.25) is 5.02 Å². The van der Waals surface area contributed by atoms with Crippen molar-refractivity contribution in [1.82, 2.24) is 9.80 Å². The number of hydrogen-bond acceptors (Lipinski definition) is 5. The Hall–Kier alpha value is -3.09. The average molecular weight is 467 g/mol. The van der Waals surface area contributed by atoms with Gasteiger partial charge in [-0.3, -0.25) is 9.59 Å². The quantitative estimate of drug-likeness (QED) is 0.270. The molecule has 0 saturated carbocycles. The van der Waals surface area contributed by atoms with Crippen LogP contribution in [0.25, 0.3) is 5.76 Å². The molecule has 2 aliphatic rings. The number of ether oxygens (including phenoxy) is 1. The highest BCUT2D eigenvalue weighted by atomic mass is 35.5. The molecule has 4 rings (SSSR count). The van der Waals surface area contributed by atoms with Gasteiger partial charge in [-0.25, -0.2) is 0 Å². The molecule has 33 heavy (non-hydrogen) atoms. The number of rotatable bonds is 8. The Balaban J connectivity index is 1.75. The molecule has 7 heteroatoms. The average Bonchev–Trinajstić information content (AvgIpc) is 3.43. The van der Waals surface area contributed by atoms with E-state index in [-0.39, 0.29) is 11.3 Å². The first-order chi connectivity index (χ1) is 16.0. The van der Waals surface area contributed by atoms with E-state index in [1.165, 1.54) is 0 Å². The monoisotopic (exact) mass is 466 g/mol. The Morgan fingerprint density at radius 2 is 1.85 bits per heavy atom. The molecular weight excluding hydrogens is 440 g/mol. The summed E-state index contributed by atoms with van der Waals surface area (Å²) in [6.07, 6.45) is 3.93. The zero-order valence-electron chi connectivity index (χ0n) is 18.4. The molecule has 2 saturated heterocycles. The van der Waals surface area contributed by atoms with E-state index in [1.54, 1.807) is 41.3 Å². The molecule has 1 unspecified atom stereocenters. The molecule has 172 valence electrons. The van der Waals surface area contributed by atoms with E-state index in [4.69, 9.17) is 16.3 Å². The normalized spacial score (nSPS) is 20.4. The number of amides is 1. The van der Waals surface area contributed by atoms with Crippen molar-refractivity contribution in [2.75, 3.05) is 32.8 Å². The summed E-state index contributed by atoms with van der Waals surface area (Å²) in [6, 6.07) is 13.1. The zero-order valence-corrected chi connectivity index (χ0v) is 19.1. The molecule has 0 radical (unpaired) electrons. The summed E-state index contributed by atoms with van der Waals surface area (Å²) in [6.45, 7) is 7.06. The number of benzene rings is 2. The van der Waals surface area contributed by atoms with E-state index in [1.807, 2.05) is 18.2 Å². The standard InChI is InChI=1S/C26H27ClN2O4/c1-2-16-33-21-7-5-6-19(17-21)23-22(24(30)18-8-10-20(27)11-9-18)25(31)26(32)29(23)15-14-28-12-3-4-13-28/h2,5-11,17,23,30H,1,3-4,12-16H2/b24-22+. The molecule has 2 aromatic rings. The fourth-order valence-corrected chi connectivity index (χ4v) is 4.53. The number of Topliss-reactive ketones (excluding diaryl/α,β-unsaturated/α-hetero) is 1. The molecule has 1 N–H and O–H groups in total. The van der Waals surface area contributed by atoms with E-state index in [0.29, 0.717) is 41.6 Å². The number of likely N-dealkylation sites (tertiary alicyclic amines) is 2. The second-order valence-corrected chi connectivity index (χ2v) is 8.66. The van der Waals surface area contributed by atoms with Crippen LogP contribution >= 0.6 is 11.6 Å². The first-order valence-corrected chi connectivity index (χ1v) is 11.5. The van der Waals surface area contributed by atoms with E-state index in [2.05, 4.69) is 11.5 Å². The van der Waals surface area contributed by atoms with E-state index in [9.17, 15) is 14.7 Å². The lowest BCUT2D eigenvalue weighted by Crippen LogP contribution is -2.37. The predicted molar refractivity (Wildman–Crippen MR) is 128 cm³/mol. The summed E-state index contributed by atoms with van der Waals surface area (Å²) < 4.78 is 5.67. The maximum Gasteiger partial charge on any atom is 0.295 e. The van der Waals surface area contributed by atoms with Crippen LogP contribution in [0, 0.1) is 0 Å². The highest BCUT2D eigenvalue weighted by molar-refractivity contribution is 6.46. The molecule has 0 bridgehead atoms. The third-order valence-electron chi connectivity index (χ3n) is 6.06. The van der Waals surface area contributed by atoms with Crippen LogP contribution in [0.15, 0.2) is 66.8 Å². The van der Waals surface area contributed by atoms with Crippen LogP contribution in [0.1, 0.15) is 30.0 Å². The number of halogens is 1. The van der Waals surface area contributed by atoms with Crippen LogP contribution in [-0.4, -0.2) is 59.4 Å². The predicted octanol–water partition coefficient (Wildman–Crippen LogP) is 4.42. The van der Waals surface area contributed by atoms with E-state index >= 15 is 0 Å². The van der Waals surface area contributed by atoms with Gasteiger partial charge in [0.25, 0.3) is 11.7 Å². The molecule has 2 aromatic carbocycles. The summed E-state index contributed by atoms with van der Waals surface area (Å²) >= 11 is 5.99. The van der Waals surface area contributed by atoms with Crippen molar-refractivity contribution in [2.24, 2.45) is 0 Å². The van der Waals surface area contributed by atoms with Crippen LogP contribution in [0.3, 0.4) is 0 Å². The van der Waals surface area contributed by atoms with Crippen LogP contribution in [0.5, 0.6) is 5.75 Å². The van der Waals surface area contributed by atoms with E-state index in [0.717, 1.165) is 25.9 Å². The molecule has 0 aromatic heterocycles. The fourth-order valence-electron chi connectivity index (χ4n) is 4.41. The van der Waals surface area contributed by atoms with Gasteiger partial charge < -0.3 is 19.6 Å². The van der Waals surface area contributed by atoms with Crippen molar-refractivity contribution in [1.29, 1.82) is 0 Å². The molecule has 2 fully saturated rings. The minimum atomic E-state index is -0.712. The lowest BCUT2D eigenvalue weighted by molar-refractivity contribution is -0.140. The lowest BCUT2D eigenvalue weighted by atomic mass is 9.95. The molecule has 1 atom stereocenters. The Bertz CT molecular complexity index is 1070. The highest BCUT2D eigenvalue weighted by Crippen LogP contribution is 2.40. The number of nitrogens with zero attached hydrogens (tertiary/aromatic N) is 2. The zero-order chi connectivity index (χ0) is 23.4. The second-order valence-electron chi connectivity index (χ2n) is 8.22. The first kappa shape index (κ1) is 23.1. The maximum atomic E-state index is 13.1. The first-order valence-electron chi connectivity index (χ1n) is 11.1. The van der Waals surface area contributed by atoms with Crippen molar-refractivity contribution < 1.29 is 19.4 Å². The molecule has 2 aliphatic heterocycles. The lowest BCUT2D eigenvalue weighted by Gasteiger charge is -2.27. The van der Waals surface area contributed by atoms with Gasteiger partial charge in [0.05, 0.1) is 11.6 Å². The third-order valence-corrected chi connectivity index (χ3v) is 6.31. The number of aliphatic hydroxyl groups is 1. The Labute approximate surface area is 198 Å². The Morgan fingerprint density at radius 3 is 2.55 bits per heavy atom. The number of aliphatic hydroxyl groups excluding tert-OH is 1. The maximum absolute atomic E-state index is 13.1. The van der Waals surface area contributed by atoms with Crippen molar-refractivity contribution in [2.45, 2.75) is 18.9 Å². The number of hydrogen-bond donors (Lipinski definition) is 1. The summed E-state index contributed by atoms with van der Waals surface area (Å²) in [5.74, 6) is -0.904. The second kappa shape index (κ2) is 10.2. The van der Waals surface area contributed by atoms with Gasteiger partial charge in [-0.05, 0) is 67.9 Å². The van der Waals surface area contributed by atoms with Crippen LogP contribution in [-0.2, 0) is 9.59 Å². The molecule has 2 heterocycles. The minimum absolute atomic E-state index is 0.0737. The van der Waals surface area contributed by atoms with E-state index < -0.39 is 17.7 Å². The summed E-state index contributed by atoms with van der Waals surface area (Å²) in [5.41, 5.74) is 1.21. The van der Waals surface area contributed by atoms with Crippen LogP contribution < -0.4 is 4.74 Å². The summed E-state index contributed by atoms with van der Waals surface area (Å²) in [4.78, 5) is 30.1. The third kappa shape index (κ3) is 4.97. The molecular formula is C26H27ClN2O4. The van der Waals surface area contributed by atoms with Crippen molar-refractivity contribution in [3.8, 4) is 5.75 Å². The van der Waals surface area contributed by atoms with Crippen molar-refractivity contribution in [3.63, 3.8) is 0 Å². The fraction of sp³-hybridized carbons (Fsp3) is 0.308. The van der Waals surface area contributed by atoms with Crippen LogP contribution in [0.4, 0.5) is 0 Å². The van der Waals surface area contributed by atoms with Gasteiger partial charge >= 0.3 is 0 Å². The van der Waals surface area contributed by atoms with Gasteiger partial charge in [-0.2, -0.15) is 0 Å². The molecule has 6 nitrogen and oxygen atoms in total. The molecule has 0 spiro atoms. The van der Waals surface area contributed by atoms with Gasteiger partial charge in [-0.1, -0.05) is 36.4 Å². The largest absolute Gasteiger partial charge is 0.507 e. The van der Waals surface area contributed by atoms with Gasteiger partial charge in [0.1, 0.15) is 18.1 Å². The smallest absolute Gasteiger partial charge is 0.295 e. The number of carbonyl (C=O) groups excluding carboxylic acids is 2. The van der Waals surface area contributed by atoms with Gasteiger partial charge in [-0.15, -0.1) is 0 Å². The van der Waals surface area contributed by atoms with Crippen molar-refractivity contribution >= 4 is 29.1 Å². The van der Waals surface area contributed by atoms with Gasteiger partial charge in [0, 0.05) is 23.7 Å². The van der Waals surface area contributed by atoms with Gasteiger partial charge in [0.2, 0.25) is 0 Å². The topological polar surface area (TPSA) is 70.1 Å². The molecule has 1 amide bonds. The summed E-state index contributed by atoms with van der Waals surface area (Å²) in [7, 11) is 0. The SMILES string of the molecule is C=CCOc1cccc(C2/C(=C(\O)c3ccc(Cl)cc3)C(=O)C(=O)N2CCN2CCCC2)c1. The summed E-state index contributed by atoms with van der Waals surface area (Å²) in [5, 5.41) is 11.6. The minimum Gasteiger partial charge on any atom is -0.507 e. The van der Waals surface area contributed by atoms with Crippen molar-refractivity contribution in [3.05, 3.63) is 82.9 Å². The number of ketones is 1. The van der Waals surface area contributed by atoms with Gasteiger partial charge in [0.15, 0.2) is 0 Å². The number of carbonyl (C=O) groups is 2. The Morgan fingerprint density at radius 1 is 1.12 bits per heavy atom. The Kier molecular flexibility index (Phi) is 7.16.